The van der Waals surface area contributed by atoms with Crippen LogP contribution in [0.4, 0.5) is 4.39 Å². The zero-order valence-electron chi connectivity index (χ0n) is 14.7. The predicted octanol–water partition coefficient (Wildman–Crippen LogP) is 2.73. The Labute approximate surface area is 151 Å². The summed E-state index contributed by atoms with van der Waals surface area (Å²) < 4.78 is 24.1. The molecule has 1 aliphatic heterocycles. The number of halogens is 1. The van der Waals surface area contributed by atoms with Crippen molar-refractivity contribution in [3.05, 3.63) is 53.9 Å². The number of nitrogens with zero attached hydrogens (tertiary/aromatic N) is 2. The number of ether oxygens (including phenoxy) is 2. The van der Waals surface area contributed by atoms with Crippen LogP contribution in [0.15, 0.2) is 36.7 Å². The van der Waals surface area contributed by atoms with Crippen molar-refractivity contribution in [3.63, 3.8) is 0 Å². The molecule has 0 spiro atoms. The quantitative estimate of drug-likeness (QED) is 0.858. The van der Waals surface area contributed by atoms with Crippen molar-refractivity contribution in [1.29, 1.82) is 0 Å². The molecule has 138 valence electrons. The summed E-state index contributed by atoms with van der Waals surface area (Å²) in [6, 6.07) is 5.66. The Hall–Kier alpha value is -2.54. The maximum Gasteiger partial charge on any atom is 0.258 e. The SMILES string of the molecule is CC1(c2ncc(CNC(=O)COc3cccc(F)c3)cn2)CCCCO1. The number of aromatic nitrogens is 2. The van der Waals surface area contributed by atoms with E-state index in [1.54, 1.807) is 18.5 Å². The fourth-order valence-corrected chi connectivity index (χ4v) is 2.79. The van der Waals surface area contributed by atoms with Crippen molar-refractivity contribution in [3.8, 4) is 5.75 Å². The molecule has 1 aromatic carbocycles. The molecule has 0 aliphatic carbocycles. The van der Waals surface area contributed by atoms with E-state index in [9.17, 15) is 9.18 Å². The molecule has 7 heteroatoms. The highest BCUT2D eigenvalue weighted by molar-refractivity contribution is 5.77. The lowest BCUT2D eigenvalue weighted by Crippen LogP contribution is -2.32. The van der Waals surface area contributed by atoms with Crippen molar-refractivity contribution in [2.24, 2.45) is 0 Å². The summed E-state index contributed by atoms with van der Waals surface area (Å²) in [6.45, 7) is 2.84. The highest BCUT2D eigenvalue weighted by atomic mass is 19.1. The molecule has 0 radical (unpaired) electrons. The van der Waals surface area contributed by atoms with Gasteiger partial charge in [0.15, 0.2) is 12.4 Å². The molecule has 6 nitrogen and oxygen atoms in total. The first-order valence-electron chi connectivity index (χ1n) is 8.66. The van der Waals surface area contributed by atoms with Gasteiger partial charge in [-0.1, -0.05) is 6.07 Å². The number of amides is 1. The molecule has 2 aromatic rings. The van der Waals surface area contributed by atoms with Crippen LogP contribution in [0.2, 0.25) is 0 Å². The Morgan fingerprint density at radius 3 is 2.85 bits per heavy atom. The Kier molecular flexibility index (Phi) is 5.78. The lowest BCUT2D eigenvalue weighted by atomic mass is 9.95. The first-order valence-corrected chi connectivity index (χ1v) is 8.66. The standard InChI is InChI=1S/C19H22FN3O3/c1-19(7-2-3-8-26-19)18-22-11-14(12-23-18)10-21-17(24)13-25-16-6-4-5-15(20)9-16/h4-6,9,11-12H,2-3,7-8,10,13H2,1H3,(H,21,24). The van der Waals surface area contributed by atoms with Gasteiger partial charge in [-0.15, -0.1) is 0 Å². The van der Waals surface area contributed by atoms with Gasteiger partial charge in [-0.3, -0.25) is 4.79 Å². The van der Waals surface area contributed by atoms with Crippen LogP contribution >= 0.6 is 0 Å². The molecule has 2 heterocycles. The van der Waals surface area contributed by atoms with Gasteiger partial charge in [0.2, 0.25) is 0 Å². The average molecular weight is 359 g/mol. The molecule has 3 rings (SSSR count). The number of hydrogen-bond donors (Lipinski definition) is 1. The maximum absolute atomic E-state index is 13.1. The summed E-state index contributed by atoms with van der Waals surface area (Å²) in [6.07, 6.45) is 6.46. The fraction of sp³-hybridized carbons (Fsp3) is 0.421. The first kappa shape index (κ1) is 18.3. The molecule has 1 unspecified atom stereocenters. The minimum atomic E-state index is -0.432. The number of carbonyl (C=O) groups is 1. The number of nitrogens with one attached hydrogen (secondary N) is 1. The van der Waals surface area contributed by atoms with E-state index in [-0.39, 0.29) is 12.5 Å². The van der Waals surface area contributed by atoms with Crippen molar-refractivity contribution in [2.75, 3.05) is 13.2 Å². The monoisotopic (exact) mass is 359 g/mol. The first-order chi connectivity index (χ1) is 12.5. The van der Waals surface area contributed by atoms with Gasteiger partial charge in [0, 0.05) is 37.2 Å². The summed E-state index contributed by atoms with van der Waals surface area (Å²) in [5.41, 5.74) is 0.353. The van der Waals surface area contributed by atoms with Crippen LogP contribution in [-0.4, -0.2) is 29.1 Å². The Morgan fingerprint density at radius 2 is 2.15 bits per heavy atom. The van der Waals surface area contributed by atoms with Crippen molar-refractivity contribution in [1.82, 2.24) is 15.3 Å². The highest BCUT2D eigenvalue weighted by Crippen LogP contribution is 2.32. The topological polar surface area (TPSA) is 73.3 Å². The zero-order chi connectivity index (χ0) is 18.4. The van der Waals surface area contributed by atoms with E-state index in [1.807, 2.05) is 6.92 Å². The number of hydrogen-bond acceptors (Lipinski definition) is 5. The van der Waals surface area contributed by atoms with Gasteiger partial charge in [-0.05, 0) is 38.3 Å². The molecule has 1 saturated heterocycles. The summed E-state index contributed by atoms with van der Waals surface area (Å²) >= 11 is 0. The highest BCUT2D eigenvalue weighted by Gasteiger charge is 2.32. The molecular formula is C19H22FN3O3. The molecule has 1 fully saturated rings. The van der Waals surface area contributed by atoms with Crippen LogP contribution in [0.1, 0.15) is 37.6 Å². The van der Waals surface area contributed by atoms with E-state index in [1.165, 1.54) is 18.2 Å². The van der Waals surface area contributed by atoms with E-state index in [0.29, 0.717) is 18.1 Å². The third-order valence-corrected chi connectivity index (χ3v) is 4.30. The molecule has 26 heavy (non-hydrogen) atoms. The largest absolute Gasteiger partial charge is 0.484 e. The lowest BCUT2D eigenvalue weighted by Gasteiger charge is -2.32. The smallest absolute Gasteiger partial charge is 0.258 e. The molecule has 1 aromatic heterocycles. The van der Waals surface area contributed by atoms with Crippen LogP contribution in [0, 0.1) is 5.82 Å². The Balaban J connectivity index is 1.47. The van der Waals surface area contributed by atoms with E-state index < -0.39 is 11.4 Å². The second-order valence-corrected chi connectivity index (χ2v) is 6.47. The van der Waals surface area contributed by atoms with Crippen LogP contribution in [0.3, 0.4) is 0 Å². The summed E-state index contributed by atoms with van der Waals surface area (Å²) in [7, 11) is 0. The van der Waals surface area contributed by atoms with Gasteiger partial charge >= 0.3 is 0 Å². The molecule has 1 N–H and O–H groups in total. The van der Waals surface area contributed by atoms with E-state index in [2.05, 4.69) is 15.3 Å². The number of rotatable bonds is 6. The zero-order valence-corrected chi connectivity index (χ0v) is 14.7. The Bertz CT molecular complexity index is 746. The second-order valence-electron chi connectivity index (χ2n) is 6.47. The average Bonchev–Trinajstić information content (AvgIpc) is 2.66. The molecule has 1 atom stereocenters. The van der Waals surface area contributed by atoms with Crippen molar-refractivity contribution < 1.29 is 18.7 Å². The fourth-order valence-electron chi connectivity index (χ4n) is 2.79. The molecule has 1 amide bonds. The van der Waals surface area contributed by atoms with Gasteiger partial charge in [0.25, 0.3) is 5.91 Å². The van der Waals surface area contributed by atoms with Crippen molar-refractivity contribution in [2.45, 2.75) is 38.3 Å². The van der Waals surface area contributed by atoms with Crippen LogP contribution in [-0.2, 0) is 21.7 Å². The molecule has 0 saturated carbocycles. The van der Waals surface area contributed by atoms with Crippen LogP contribution in [0.25, 0.3) is 0 Å². The van der Waals surface area contributed by atoms with Gasteiger partial charge in [0.05, 0.1) is 0 Å². The molecule has 0 bridgehead atoms. The summed E-state index contributed by atoms with van der Waals surface area (Å²) in [5.74, 6) is 0.270. The molecule has 1 aliphatic rings. The minimum absolute atomic E-state index is 0.186. The van der Waals surface area contributed by atoms with Crippen LogP contribution < -0.4 is 10.1 Å². The van der Waals surface area contributed by atoms with Gasteiger partial charge in [-0.25, -0.2) is 14.4 Å². The van der Waals surface area contributed by atoms with E-state index in [4.69, 9.17) is 9.47 Å². The maximum atomic E-state index is 13.1. The van der Waals surface area contributed by atoms with E-state index in [0.717, 1.165) is 31.4 Å². The van der Waals surface area contributed by atoms with Gasteiger partial charge in [0.1, 0.15) is 17.2 Å². The Morgan fingerprint density at radius 1 is 1.35 bits per heavy atom. The number of carbonyl (C=O) groups excluding carboxylic acids is 1. The summed E-state index contributed by atoms with van der Waals surface area (Å²) in [4.78, 5) is 20.6. The third kappa shape index (κ3) is 4.76. The third-order valence-electron chi connectivity index (χ3n) is 4.30. The van der Waals surface area contributed by atoms with Gasteiger partial charge in [-0.2, -0.15) is 0 Å². The molecular weight excluding hydrogens is 337 g/mol. The lowest BCUT2D eigenvalue weighted by molar-refractivity contribution is -0.123. The predicted molar refractivity (Wildman–Crippen MR) is 92.9 cm³/mol. The normalized spacial score (nSPS) is 19.8. The van der Waals surface area contributed by atoms with Crippen molar-refractivity contribution >= 4 is 5.91 Å². The summed E-state index contributed by atoms with van der Waals surface area (Å²) in [5, 5.41) is 2.72. The minimum Gasteiger partial charge on any atom is -0.484 e. The second kappa shape index (κ2) is 8.23. The van der Waals surface area contributed by atoms with Crippen LogP contribution in [0.5, 0.6) is 5.75 Å². The number of benzene rings is 1. The van der Waals surface area contributed by atoms with Gasteiger partial charge < -0.3 is 14.8 Å². The van der Waals surface area contributed by atoms with E-state index >= 15 is 0 Å².